The zero-order chi connectivity index (χ0) is 23.7. The van der Waals surface area contributed by atoms with Gasteiger partial charge in [-0.2, -0.15) is 0 Å². The number of carbonyl (C=O) groups is 2. The zero-order valence-electron chi connectivity index (χ0n) is 19.4. The Labute approximate surface area is 199 Å². The average Bonchev–Trinajstić information content (AvgIpc) is 2.88. The molecule has 0 aromatic heterocycles. The third-order valence-electron chi connectivity index (χ3n) is 6.88. The summed E-state index contributed by atoms with van der Waals surface area (Å²) in [5.41, 5.74) is 4.74. The molecule has 6 nitrogen and oxygen atoms in total. The Morgan fingerprint density at radius 2 is 1.71 bits per heavy atom. The Bertz CT molecular complexity index is 1240. The molecule has 3 aromatic carbocycles. The maximum absolute atomic E-state index is 13.7. The number of benzene rings is 3. The van der Waals surface area contributed by atoms with Crippen LogP contribution in [-0.2, 0) is 17.6 Å². The number of hydrogen-bond donors (Lipinski definition) is 1. The van der Waals surface area contributed by atoms with E-state index in [1.54, 1.807) is 14.2 Å². The van der Waals surface area contributed by atoms with Crippen LogP contribution >= 0.6 is 0 Å². The Balaban J connectivity index is 1.41. The first kappa shape index (κ1) is 22.0. The summed E-state index contributed by atoms with van der Waals surface area (Å²) >= 11 is 0. The van der Waals surface area contributed by atoms with Crippen molar-refractivity contribution in [2.45, 2.75) is 24.8 Å². The van der Waals surface area contributed by atoms with E-state index >= 15 is 0 Å². The fraction of sp³-hybridized carbons (Fsp3) is 0.286. The van der Waals surface area contributed by atoms with Crippen LogP contribution in [0.25, 0.3) is 0 Å². The smallest absolute Gasteiger partial charge is 0.254 e. The number of hydrogen-bond acceptors (Lipinski definition) is 4. The van der Waals surface area contributed by atoms with Gasteiger partial charge in [-0.25, -0.2) is 0 Å². The Morgan fingerprint density at radius 1 is 0.971 bits per heavy atom. The molecule has 5 rings (SSSR count). The van der Waals surface area contributed by atoms with Crippen molar-refractivity contribution in [3.05, 3.63) is 94.5 Å². The number of nitrogens with one attached hydrogen (secondary N) is 1. The van der Waals surface area contributed by atoms with E-state index < -0.39 is 5.92 Å². The molecular formula is C28H28N2O4. The molecule has 174 valence electrons. The molecule has 0 saturated carbocycles. The molecule has 2 heterocycles. The van der Waals surface area contributed by atoms with E-state index in [1.807, 2.05) is 59.5 Å². The Hall–Kier alpha value is -3.80. The van der Waals surface area contributed by atoms with Crippen molar-refractivity contribution in [3.8, 4) is 11.5 Å². The molecule has 34 heavy (non-hydrogen) atoms. The largest absolute Gasteiger partial charge is 0.493 e. The molecule has 2 aliphatic heterocycles. The first-order chi connectivity index (χ1) is 16.6. The summed E-state index contributed by atoms with van der Waals surface area (Å²) in [6.45, 7) is 1.10. The highest BCUT2D eigenvalue weighted by molar-refractivity contribution is 6.01. The molecule has 2 atom stereocenters. The van der Waals surface area contributed by atoms with Crippen molar-refractivity contribution in [1.82, 2.24) is 10.2 Å². The first-order valence-electron chi connectivity index (χ1n) is 11.6. The highest BCUT2D eigenvalue weighted by Gasteiger charge is 2.45. The summed E-state index contributed by atoms with van der Waals surface area (Å²) in [5, 5.41) is 3.14. The molecule has 0 bridgehead atoms. The minimum Gasteiger partial charge on any atom is -0.493 e. The second-order valence-corrected chi connectivity index (χ2v) is 8.69. The quantitative estimate of drug-likeness (QED) is 0.611. The van der Waals surface area contributed by atoms with Gasteiger partial charge in [-0.1, -0.05) is 48.5 Å². The maximum Gasteiger partial charge on any atom is 0.254 e. The van der Waals surface area contributed by atoms with Crippen molar-refractivity contribution in [2.75, 3.05) is 27.3 Å². The lowest BCUT2D eigenvalue weighted by molar-refractivity contribution is -0.124. The van der Waals surface area contributed by atoms with E-state index in [9.17, 15) is 9.59 Å². The van der Waals surface area contributed by atoms with Crippen LogP contribution in [0.3, 0.4) is 0 Å². The Morgan fingerprint density at radius 3 is 2.50 bits per heavy atom. The van der Waals surface area contributed by atoms with Crippen LogP contribution in [0.4, 0.5) is 0 Å². The number of methoxy groups -OCH3 is 2. The van der Waals surface area contributed by atoms with Gasteiger partial charge in [0.05, 0.1) is 26.2 Å². The summed E-state index contributed by atoms with van der Waals surface area (Å²) in [4.78, 5) is 28.8. The van der Waals surface area contributed by atoms with E-state index in [4.69, 9.17) is 9.47 Å². The molecule has 0 spiro atoms. The summed E-state index contributed by atoms with van der Waals surface area (Å²) < 4.78 is 10.7. The molecule has 6 heteroatoms. The van der Waals surface area contributed by atoms with Gasteiger partial charge in [-0.3, -0.25) is 9.59 Å². The summed E-state index contributed by atoms with van der Waals surface area (Å²) in [7, 11) is 3.22. The van der Waals surface area contributed by atoms with Crippen molar-refractivity contribution in [1.29, 1.82) is 0 Å². The van der Waals surface area contributed by atoms with Crippen LogP contribution in [0, 0.1) is 0 Å². The van der Waals surface area contributed by atoms with Crippen LogP contribution < -0.4 is 14.8 Å². The van der Waals surface area contributed by atoms with Crippen LogP contribution in [0.1, 0.15) is 44.6 Å². The molecule has 3 aromatic rings. The molecule has 0 saturated heterocycles. The van der Waals surface area contributed by atoms with Crippen molar-refractivity contribution >= 4 is 11.8 Å². The van der Waals surface area contributed by atoms with Gasteiger partial charge in [-0.15, -0.1) is 0 Å². The number of amides is 2. The van der Waals surface area contributed by atoms with Gasteiger partial charge in [0.25, 0.3) is 5.91 Å². The van der Waals surface area contributed by atoms with Crippen LogP contribution in [-0.4, -0.2) is 44.0 Å². The van der Waals surface area contributed by atoms with Crippen LogP contribution in [0.15, 0.2) is 66.7 Å². The van der Waals surface area contributed by atoms with Crippen molar-refractivity contribution in [2.24, 2.45) is 0 Å². The number of ether oxygens (including phenoxy) is 2. The molecular weight excluding hydrogens is 428 g/mol. The fourth-order valence-electron chi connectivity index (χ4n) is 5.23. The number of rotatable bonds is 6. The SMILES string of the molecule is COc1ccc(CCNC(=O)[C@H]2c3ccccc3C(=O)N3CCc4ccccc4[C@@H]23)cc1OC. The third kappa shape index (κ3) is 3.79. The van der Waals surface area contributed by atoms with Gasteiger partial charge in [-0.05, 0) is 53.3 Å². The van der Waals surface area contributed by atoms with Crippen LogP contribution in [0.2, 0.25) is 0 Å². The van der Waals surface area contributed by atoms with Crippen LogP contribution in [0.5, 0.6) is 11.5 Å². The highest BCUT2D eigenvalue weighted by atomic mass is 16.5. The predicted molar refractivity (Wildman–Crippen MR) is 129 cm³/mol. The van der Waals surface area contributed by atoms with E-state index in [1.165, 1.54) is 5.56 Å². The lowest BCUT2D eigenvalue weighted by Gasteiger charge is -2.45. The van der Waals surface area contributed by atoms with Gasteiger partial charge in [0.15, 0.2) is 11.5 Å². The maximum atomic E-state index is 13.7. The molecule has 1 N–H and O–H groups in total. The molecule has 0 unspecified atom stereocenters. The minimum absolute atomic E-state index is 0.00415. The van der Waals surface area contributed by atoms with Gasteiger partial charge >= 0.3 is 0 Å². The lowest BCUT2D eigenvalue weighted by atomic mass is 9.76. The summed E-state index contributed by atoms with van der Waals surface area (Å²) in [6.07, 6.45) is 1.46. The number of carbonyl (C=O) groups excluding carboxylic acids is 2. The van der Waals surface area contributed by atoms with E-state index in [2.05, 4.69) is 17.4 Å². The second kappa shape index (κ2) is 9.21. The van der Waals surface area contributed by atoms with Gasteiger partial charge in [0, 0.05) is 18.7 Å². The molecule has 0 radical (unpaired) electrons. The van der Waals surface area contributed by atoms with E-state index in [-0.39, 0.29) is 17.9 Å². The fourth-order valence-corrected chi connectivity index (χ4v) is 5.23. The topological polar surface area (TPSA) is 67.9 Å². The van der Waals surface area contributed by atoms with E-state index in [0.29, 0.717) is 36.6 Å². The van der Waals surface area contributed by atoms with E-state index in [0.717, 1.165) is 23.1 Å². The normalized spacial score (nSPS) is 18.4. The molecule has 2 aliphatic rings. The zero-order valence-corrected chi connectivity index (χ0v) is 19.4. The third-order valence-corrected chi connectivity index (χ3v) is 6.88. The van der Waals surface area contributed by atoms with Crippen molar-refractivity contribution < 1.29 is 19.1 Å². The molecule has 0 fully saturated rings. The van der Waals surface area contributed by atoms with Gasteiger partial charge < -0.3 is 19.7 Å². The van der Waals surface area contributed by atoms with Gasteiger partial charge in [0.1, 0.15) is 0 Å². The number of nitrogens with zero attached hydrogens (tertiary/aromatic N) is 1. The first-order valence-corrected chi connectivity index (χ1v) is 11.6. The Kier molecular flexibility index (Phi) is 5.97. The average molecular weight is 457 g/mol. The molecule has 0 aliphatic carbocycles. The summed E-state index contributed by atoms with van der Waals surface area (Å²) in [6, 6.07) is 21.1. The monoisotopic (exact) mass is 456 g/mol. The van der Waals surface area contributed by atoms with Gasteiger partial charge in [0.2, 0.25) is 5.91 Å². The second-order valence-electron chi connectivity index (χ2n) is 8.69. The standard InChI is InChI=1S/C28H28N2O4/c1-33-23-12-11-18(17-24(23)34-2)13-15-29-27(31)25-21-9-5-6-10-22(21)28(32)30-16-14-19-7-3-4-8-20(19)26(25)30/h3-12,17,25-26H,13-16H2,1-2H3,(H,29,31)/t25-,26-/m0/s1. The highest BCUT2D eigenvalue weighted by Crippen LogP contribution is 2.45. The predicted octanol–water partition coefficient (Wildman–Crippen LogP) is 3.90. The number of fused-ring (bicyclic) bond motifs is 4. The minimum atomic E-state index is -0.458. The van der Waals surface area contributed by atoms with Crippen molar-refractivity contribution in [3.63, 3.8) is 0 Å². The molecule has 2 amide bonds. The summed E-state index contributed by atoms with van der Waals surface area (Å²) in [5.74, 6) is 0.827. The lowest BCUT2D eigenvalue weighted by Crippen LogP contribution is -2.50.